The number of aromatic nitrogens is 6. The number of rotatable bonds is 6. The molecule has 0 aliphatic heterocycles. The van der Waals surface area contributed by atoms with Crippen LogP contribution in [-0.4, -0.2) is 42.0 Å². The number of ether oxygens (including phenoxy) is 1. The van der Waals surface area contributed by atoms with Gasteiger partial charge in [0.05, 0.1) is 30.1 Å². The fourth-order valence-corrected chi connectivity index (χ4v) is 3.84. The molecule has 0 spiro atoms. The minimum absolute atomic E-state index is 0.151. The lowest BCUT2D eigenvalue weighted by Crippen LogP contribution is -1.99. The zero-order chi connectivity index (χ0) is 22.9. The molecule has 5 rings (SSSR count). The van der Waals surface area contributed by atoms with Gasteiger partial charge in [0, 0.05) is 11.9 Å². The van der Waals surface area contributed by atoms with Crippen LogP contribution in [-0.2, 0) is 11.4 Å². The number of hydrogen-bond donors (Lipinski definition) is 0. The molecule has 0 fully saturated rings. The maximum absolute atomic E-state index is 5.55. The van der Waals surface area contributed by atoms with E-state index < -0.39 is 0 Å². The van der Waals surface area contributed by atoms with Crippen molar-refractivity contribution in [2.45, 2.75) is 27.4 Å². The van der Waals surface area contributed by atoms with Crippen molar-refractivity contribution < 1.29 is 9.57 Å². The summed E-state index contributed by atoms with van der Waals surface area (Å²) in [7, 11) is 1.64. The van der Waals surface area contributed by atoms with E-state index in [1.54, 1.807) is 24.1 Å². The van der Waals surface area contributed by atoms with Gasteiger partial charge in [-0.3, -0.25) is 9.55 Å². The van der Waals surface area contributed by atoms with Crippen LogP contribution < -0.4 is 4.74 Å². The van der Waals surface area contributed by atoms with Crippen LogP contribution in [0.1, 0.15) is 29.6 Å². The van der Waals surface area contributed by atoms with E-state index in [9.17, 15) is 0 Å². The summed E-state index contributed by atoms with van der Waals surface area (Å²) in [5.41, 5.74) is 6.39. The Kier molecular flexibility index (Phi) is 5.21. The van der Waals surface area contributed by atoms with E-state index in [-0.39, 0.29) is 6.61 Å². The summed E-state index contributed by atoms with van der Waals surface area (Å²) in [6, 6.07) is 11.6. The van der Waals surface area contributed by atoms with Crippen molar-refractivity contribution in [2.75, 3.05) is 7.11 Å². The second kappa shape index (κ2) is 8.34. The summed E-state index contributed by atoms with van der Waals surface area (Å²) in [5.74, 6) is 1.32. The first kappa shape index (κ1) is 20.6. The Hall–Kier alpha value is -4.27. The number of pyridine rings is 1. The Morgan fingerprint density at radius 3 is 2.64 bits per heavy atom. The number of benzene rings is 1. The first-order valence-corrected chi connectivity index (χ1v) is 10.5. The Labute approximate surface area is 190 Å². The number of nitrogens with zero attached hydrogens (tertiary/aromatic N) is 7. The maximum Gasteiger partial charge on any atom is 0.192 e. The summed E-state index contributed by atoms with van der Waals surface area (Å²) in [6.07, 6.45) is 5.25. The van der Waals surface area contributed by atoms with E-state index in [0.717, 1.165) is 50.6 Å². The summed E-state index contributed by atoms with van der Waals surface area (Å²) >= 11 is 0. The summed E-state index contributed by atoms with van der Waals surface area (Å²) in [6.45, 7) is 6.18. The van der Waals surface area contributed by atoms with Gasteiger partial charge in [-0.2, -0.15) is 0 Å². The number of fused-ring (bicyclic) bond motifs is 3. The molecule has 0 atom stereocenters. The highest BCUT2D eigenvalue weighted by atomic mass is 16.6. The third kappa shape index (κ3) is 3.67. The molecule has 0 saturated carbocycles. The van der Waals surface area contributed by atoms with Crippen LogP contribution in [0.5, 0.6) is 5.75 Å². The highest BCUT2D eigenvalue weighted by Crippen LogP contribution is 2.29. The number of oxime groups is 1. The van der Waals surface area contributed by atoms with Gasteiger partial charge in [-0.05, 0) is 68.3 Å². The molecule has 5 aromatic rings. The minimum atomic E-state index is 0.151. The molecule has 0 unspecified atom stereocenters. The Bertz CT molecular complexity index is 1470. The van der Waals surface area contributed by atoms with Gasteiger partial charge in [0.1, 0.15) is 12.1 Å². The third-order valence-electron chi connectivity index (χ3n) is 5.68. The zero-order valence-electron chi connectivity index (χ0n) is 18.9. The average molecular weight is 441 g/mol. The van der Waals surface area contributed by atoms with Crippen LogP contribution in [0.15, 0.2) is 60.3 Å². The highest BCUT2D eigenvalue weighted by Gasteiger charge is 2.19. The molecule has 4 heterocycles. The molecule has 0 amide bonds. The molecule has 0 N–H and O–H groups in total. The molecule has 33 heavy (non-hydrogen) atoms. The molecule has 9 nitrogen and oxygen atoms in total. The molecule has 4 aromatic heterocycles. The Morgan fingerprint density at radius 1 is 1.09 bits per heavy atom. The molecule has 0 bridgehead atoms. The van der Waals surface area contributed by atoms with Crippen molar-refractivity contribution in [2.24, 2.45) is 5.16 Å². The van der Waals surface area contributed by atoms with E-state index in [1.807, 2.05) is 49.5 Å². The molecule has 166 valence electrons. The average Bonchev–Trinajstić information content (AvgIpc) is 3.37. The smallest absolute Gasteiger partial charge is 0.192 e. The van der Waals surface area contributed by atoms with E-state index in [1.165, 1.54) is 0 Å². The lowest BCUT2D eigenvalue weighted by molar-refractivity contribution is 0.125. The zero-order valence-corrected chi connectivity index (χ0v) is 18.9. The normalized spacial score (nSPS) is 11.9. The van der Waals surface area contributed by atoms with Crippen molar-refractivity contribution in [3.8, 4) is 11.4 Å². The second-order valence-corrected chi connectivity index (χ2v) is 7.68. The number of hydrogen-bond acceptors (Lipinski definition) is 7. The molecule has 0 aliphatic rings. The predicted molar refractivity (Wildman–Crippen MR) is 125 cm³/mol. The Morgan fingerprint density at radius 2 is 1.91 bits per heavy atom. The van der Waals surface area contributed by atoms with E-state index in [2.05, 4.69) is 38.6 Å². The fourth-order valence-electron chi connectivity index (χ4n) is 3.84. The highest BCUT2D eigenvalue weighted by molar-refractivity contribution is 5.98. The minimum Gasteiger partial charge on any atom is -0.497 e. The monoisotopic (exact) mass is 441 g/mol. The number of aryl methyl sites for hydroxylation is 1. The quantitative estimate of drug-likeness (QED) is 0.292. The summed E-state index contributed by atoms with van der Waals surface area (Å²) < 4.78 is 8.96. The van der Waals surface area contributed by atoms with Crippen LogP contribution in [0.4, 0.5) is 0 Å². The molecule has 9 heteroatoms. The van der Waals surface area contributed by atoms with Crippen LogP contribution >= 0.6 is 0 Å². The van der Waals surface area contributed by atoms with Gasteiger partial charge in [0.25, 0.3) is 0 Å². The molecular formula is C24H23N7O2. The molecule has 0 radical (unpaired) electrons. The third-order valence-corrected chi connectivity index (χ3v) is 5.68. The van der Waals surface area contributed by atoms with Crippen LogP contribution in [0, 0.1) is 13.8 Å². The van der Waals surface area contributed by atoms with Crippen molar-refractivity contribution in [1.82, 2.24) is 29.1 Å². The first-order valence-electron chi connectivity index (χ1n) is 10.5. The molecule has 0 saturated heterocycles. The van der Waals surface area contributed by atoms with Crippen LogP contribution in [0.2, 0.25) is 0 Å². The molecule has 1 aromatic carbocycles. The van der Waals surface area contributed by atoms with Crippen molar-refractivity contribution >= 4 is 22.4 Å². The molecule has 0 aliphatic carbocycles. The van der Waals surface area contributed by atoms with Gasteiger partial charge in [0.15, 0.2) is 23.7 Å². The van der Waals surface area contributed by atoms with Gasteiger partial charge < -0.3 is 9.57 Å². The topological polar surface area (TPSA) is 91.7 Å². The van der Waals surface area contributed by atoms with Gasteiger partial charge in [0.2, 0.25) is 0 Å². The number of methoxy groups -OCH3 is 1. The lowest BCUT2D eigenvalue weighted by atomic mass is 10.1. The fraction of sp³-hybridized carbons (Fsp3) is 0.208. The Balaban J connectivity index is 1.44. The standard InChI is InChI=1S/C24H23N7O2/c1-15-17(3)31(19-6-5-11-25-12-19)23-22(15)24-27-21(28-30(24)14-26-23)13-33-29-16(2)18-7-9-20(32-4)10-8-18/h5-12,14H,13H2,1-4H3/b29-16-. The largest absolute Gasteiger partial charge is 0.497 e. The van der Waals surface area contributed by atoms with Gasteiger partial charge in [-0.1, -0.05) is 5.16 Å². The van der Waals surface area contributed by atoms with E-state index in [4.69, 9.17) is 14.6 Å². The SMILES string of the molecule is COc1ccc(/C(C)=N\OCc2nc3c4c(C)c(C)n(-c5cccnc5)c4ncn3n2)cc1. The van der Waals surface area contributed by atoms with Gasteiger partial charge >= 0.3 is 0 Å². The van der Waals surface area contributed by atoms with Crippen molar-refractivity contribution in [3.05, 3.63) is 77.8 Å². The van der Waals surface area contributed by atoms with Crippen LogP contribution in [0.25, 0.3) is 22.4 Å². The lowest BCUT2D eigenvalue weighted by Gasteiger charge is -2.06. The predicted octanol–water partition coefficient (Wildman–Crippen LogP) is 4.03. The molecular weight excluding hydrogens is 418 g/mol. The van der Waals surface area contributed by atoms with E-state index in [0.29, 0.717) is 5.82 Å². The maximum atomic E-state index is 5.55. The summed E-state index contributed by atoms with van der Waals surface area (Å²) in [5, 5.41) is 9.69. The van der Waals surface area contributed by atoms with Gasteiger partial charge in [-0.25, -0.2) is 14.5 Å². The van der Waals surface area contributed by atoms with Crippen molar-refractivity contribution in [1.29, 1.82) is 0 Å². The summed E-state index contributed by atoms with van der Waals surface area (Å²) in [4.78, 5) is 19.2. The van der Waals surface area contributed by atoms with Crippen molar-refractivity contribution in [3.63, 3.8) is 0 Å². The second-order valence-electron chi connectivity index (χ2n) is 7.68. The van der Waals surface area contributed by atoms with E-state index >= 15 is 0 Å². The van der Waals surface area contributed by atoms with Crippen LogP contribution in [0.3, 0.4) is 0 Å². The van der Waals surface area contributed by atoms with Gasteiger partial charge in [-0.15, -0.1) is 5.10 Å². The first-order chi connectivity index (χ1) is 16.1.